The van der Waals surface area contributed by atoms with Crippen molar-refractivity contribution in [2.45, 2.75) is 18.0 Å². The third-order valence-corrected chi connectivity index (χ3v) is 8.47. The highest BCUT2D eigenvalue weighted by atomic mass is 35.5. The minimum atomic E-state index is -4.04. The van der Waals surface area contributed by atoms with Crippen LogP contribution >= 0.6 is 22.9 Å². The number of nitrogens with one attached hydrogen (secondary N) is 2. The molecule has 1 amide bonds. The Balaban J connectivity index is 1.38. The van der Waals surface area contributed by atoms with Gasteiger partial charge in [0.05, 0.1) is 32.9 Å². The van der Waals surface area contributed by atoms with E-state index in [2.05, 4.69) is 10.0 Å². The number of rotatable bonds is 8. The number of fused-ring (bicyclic) bond motifs is 1. The van der Waals surface area contributed by atoms with Crippen LogP contribution in [0.25, 0.3) is 10.2 Å². The van der Waals surface area contributed by atoms with Crippen LogP contribution < -0.4 is 14.9 Å². The number of nitrogens with zero attached hydrogens (tertiary/aromatic N) is 1. The van der Waals surface area contributed by atoms with Gasteiger partial charge in [-0.1, -0.05) is 77.5 Å². The lowest BCUT2D eigenvalue weighted by Gasteiger charge is -2.13. The molecule has 0 aliphatic rings. The minimum Gasteiger partial charge on any atom is -0.348 e. The first-order valence-electron chi connectivity index (χ1n) is 11.6. The quantitative estimate of drug-likeness (QED) is 0.261. The summed E-state index contributed by atoms with van der Waals surface area (Å²) in [4.78, 5) is 25.3. The van der Waals surface area contributed by atoms with E-state index >= 15 is 0 Å². The zero-order valence-corrected chi connectivity index (χ0v) is 22.3. The Bertz CT molecular complexity index is 1780. The van der Waals surface area contributed by atoms with Crippen molar-refractivity contribution in [1.29, 1.82) is 0 Å². The first-order valence-corrected chi connectivity index (χ1v) is 14.3. The zero-order chi connectivity index (χ0) is 26.7. The Morgan fingerprint density at radius 3 is 2.34 bits per heavy atom. The van der Waals surface area contributed by atoms with E-state index in [1.807, 2.05) is 42.5 Å². The molecule has 0 atom stereocenters. The average Bonchev–Trinajstić information content (AvgIpc) is 3.23. The van der Waals surface area contributed by atoms with E-state index in [1.165, 1.54) is 18.2 Å². The van der Waals surface area contributed by atoms with Crippen molar-refractivity contribution in [3.05, 3.63) is 128 Å². The van der Waals surface area contributed by atoms with Crippen LogP contribution in [0.2, 0.25) is 5.02 Å². The molecule has 0 spiro atoms. The van der Waals surface area contributed by atoms with Crippen molar-refractivity contribution in [2.75, 3.05) is 4.72 Å². The number of benzene rings is 4. The van der Waals surface area contributed by atoms with E-state index in [0.717, 1.165) is 22.5 Å². The Morgan fingerprint density at radius 2 is 1.58 bits per heavy atom. The van der Waals surface area contributed by atoms with Gasteiger partial charge in [-0.25, -0.2) is 8.42 Å². The standard InChI is InChI=1S/C28H22ClN3O4S2/c29-21-12-10-20(11-13-21)18-32-25-15-14-22(16-26(25)37-28(32)34)38(35,36)31-24-9-5-4-8-23(24)27(33)30-17-19-6-2-1-3-7-19/h1-16,31H,17-18H2,(H,30,33). The van der Waals surface area contributed by atoms with Gasteiger partial charge in [0.2, 0.25) is 0 Å². The molecule has 0 radical (unpaired) electrons. The molecule has 2 N–H and O–H groups in total. The summed E-state index contributed by atoms with van der Waals surface area (Å²) in [5.74, 6) is -0.403. The summed E-state index contributed by atoms with van der Waals surface area (Å²) in [6, 6.07) is 27.6. The summed E-state index contributed by atoms with van der Waals surface area (Å²) in [6.07, 6.45) is 0. The van der Waals surface area contributed by atoms with Crippen LogP contribution in [0.4, 0.5) is 5.69 Å². The number of hydrogen-bond donors (Lipinski definition) is 2. The molecule has 0 aliphatic carbocycles. The van der Waals surface area contributed by atoms with Gasteiger partial charge in [0.1, 0.15) is 0 Å². The Labute approximate surface area is 228 Å². The molecule has 5 aromatic rings. The van der Waals surface area contributed by atoms with Crippen LogP contribution in [0.5, 0.6) is 0 Å². The lowest BCUT2D eigenvalue weighted by atomic mass is 10.1. The summed E-state index contributed by atoms with van der Waals surface area (Å²) in [6.45, 7) is 0.648. The third kappa shape index (κ3) is 5.65. The number of amides is 1. The van der Waals surface area contributed by atoms with E-state index in [1.54, 1.807) is 41.0 Å². The van der Waals surface area contributed by atoms with Gasteiger partial charge in [0.15, 0.2) is 0 Å². The van der Waals surface area contributed by atoms with Crippen molar-refractivity contribution in [2.24, 2.45) is 0 Å². The molecule has 192 valence electrons. The van der Waals surface area contributed by atoms with Crippen LogP contribution in [-0.2, 0) is 23.1 Å². The smallest absolute Gasteiger partial charge is 0.308 e. The van der Waals surface area contributed by atoms with Crippen molar-refractivity contribution < 1.29 is 13.2 Å². The van der Waals surface area contributed by atoms with Gasteiger partial charge in [-0.2, -0.15) is 0 Å². The number of sulfonamides is 1. The van der Waals surface area contributed by atoms with Gasteiger partial charge in [-0.05, 0) is 53.6 Å². The maximum atomic E-state index is 13.3. The predicted octanol–water partition coefficient (Wildman–Crippen LogP) is 5.50. The molecule has 5 rings (SSSR count). The van der Waals surface area contributed by atoms with Crippen LogP contribution in [0, 0.1) is 0 Å². The van der Waals surface area contributed by atoms with Gasteiger partial charge in [0, 0.05) is 11.6 Å². The first kappa shape index (κ1) is 25.7. The molecule has 4 aromatic carbocycles. The second-order valence-corrected chi connectivity index (χ2v) is 11.6. The number of carbonyl (C=O) groups is 1. The second kappa shape index (κ2) is 10.8. The molecule has 0 saturated heterocycles. The Morgan fingerprint density at radius 1 is 0.868 bits per heavy atom. The van der Waals surface area contributed by atoms with Gasteiger partial charge in [-0.3, -0.25) is 18.9 Å². The summed E-state index contributed by atoms with van der Waals surface area (Å²) in [7, 11) is -4.04. The molecule has 7 nitrogen and oxygen atoms in total. The summed E-state index contributed by atoms with van der Waals surface area (Å²) >= 11 is 6.93. The number of aromatic nitrogens is 1. The average molecular weight is 564 g/mol. The summed E-state index contributed by atoms with van der Waals surface area (Å²) in [5.41, 5.74) is 2.82. The van der Waals surface area contributed by atoms with Gasteiger partial charge < -0.3 is 5.32 Å². The normalized spacial score (nSPS) is 11.4. The molecule has 0 aliphatic heterocycles. The highest BCUT2D eigenvalue weighted by molar-refractivity contribution is 7.92. The highest BCUT2D eigenvalue weighted by Crippen LogP contribution is 2.25. The van der Waals surface area contributed by atoms with Crippen LogP contribution in [0.3, 0.4) is 0 Å². The van der Waals surface area contributed by atoms with E-state index in [0.29, 0.717) is 28.3 Å². The van der Waals surface area contributed by atoms with Gasteiger partial charge in [0.25, 0.3) is 15.9 Å². The van der Waals surface area contributed by atoms with E-state index < -0.39 is 15.9 Å². The molecule has 0 saturated carbocycles. The van der Waals surface area contributed by atoms with Crippen LogP contribution in [0.15, 0.2) is 107 Å². The fourth-order valence-corrected chi connectivity index (χ4v) is 6.22. The maximum absolute atomic E-state index is 13.3. The van der Waals surface area contributed by atoms with Crippen LogP contribution in [0.1, 0.15) is 21.5 Å². The van der Waals surface area contributed by atoms with Gasteiger partial charge >= 0.3 is 4.87 Å². The molecule has 10 heteroatoms. The van der Waals surface area contributed by atoms with Crippen molar-refractivity contribution in [3.8, 4) is 0 Å². The number of para-hydroxylation sites is 1. The van der Waals surface area contributed by atoms with E-state index in [-0.39, 0.29) is 21.0 Å². The predicted molar refractivity (Wildman–Crippen MR) is 152 cm³/mol. The topological polar surface area (TPSA) is 97.3 Å². The monoisotopic (exact) mass is 563 g/mol. The highest BCUT2D eigenvalue weighted by Gasteiger charge is 2.20. The summed E-state index contributed by atoms with van der Waals surface area (Å²) in [5, 5.41) is 3.43. The number of anilines is 1. The molecule has 1 heterocycles. The van der Waals surface area contributed by atoms with E-state index in [4.69, 9.17) is 11.6 Å². The SMILES string of the molecule is O=C(NCc1ccccc1)c1ccccc1NS(=O)(=O)c1ccc2c(c1)sc(=O)n2Cc1ccc(Cl)cc1. The number of halogens is 1. The molecule has 0 bridgehead atoms. The second-order valence-electron chi connectivity index (χ2n) is 8.53. The van der Waals surface area contributed by atoms with Crippen molar-refractivity contribution in [1.82, 2.24) is 9.88 Å². The maximum Gasteiger partial charge on any atom is 0.308 e. The lowest BCUT2D eigenvalue weighted by Crippen LogP contribution is -2.25. The molecule has 38 heavy (non-hydrogen) atoms. The first-order chi connectivity index (χ1) is 18.3. The Kier molecular flexibility index (Phi) is 7.33. The Hall–Kier alpha value is -3.92. The van der Waals surface area contributed by atoms with Crippen molar-refractivity contribution >= 4 is 54.8 Å². The van der Waals surface area contributed by atoms with E-state index in [9.17, 15) is 18.0 Å². The lowest BCUT2D eigenvalue weighted by molar-refractivity contribution is 0.0952. The molecule has 0 unspecified atom stereocenters. The fraction of sp³-hybridized carbons (Fsp3) is 0.0714. The molecule has 0 fully saturated rings. The number of thiazole rings is 1. The van der Waals surface area contributed by atoms with Gasteiger partial charge in [-0.15, -0.1) is 0 Å². The largest absolute Gasteiger partial charge is 0.348 e. The number of hydrogen-bond acceptors (Lipinski definition) is 5. The third-order valence-electron chi connectivity index (χ3n) is 5.92. The molecular weight excluding hydrogens is 542 g/mol. The molecular formula is C28H22ClN3O4S2. The minimum absolute atomic E-state index is 0.00982. The fourth-order valence-electron chi connectivity index (χ4n) is 3.98. The van der Waals surface area contributed by atoms with Crippen molar-refractivity contribution in [3.63, 3.8) is 0 Å². The van der Waals surface area contributed by atoms with Crippen LogP contribution in [-0.4, -0.2) is 18.9 Å². The molecule has 1 aromatic heterocycles. The summed E-state index contributed by atoms with van der Waals surface area (Å²) < 4.78 is 31.2. The number of carbonyl (C=O) groups excluding carboxylic acids is 1. The zero-order valence-electron chi connectivity index (χ0n) is 19.9.